The highest BCUT2D eigenvalue weighted by atomic mass is 16.2. The molecule has 3 rings (SSSR count). The van der Waals surface area contributed by atoms with Crippen LogP contribution in [0.2, 0.25) is 0 Å². The second-order valence-corrected chi connectivity index (χ2v) is 5.37. The fourth-order valence-corrected chi connectivity index (χ4v) is 2.61. The van der Waals surface area contributed by atoms with Gasteiger partial charge < -0.3 is 4.90 Å². The molecular formula is C18H15N3O2. The van der Waals surface area contributed by atoms with Gasteiger partial charge in [0.2, 0.25) is 0 Å². The summed E-state index contributed by atoms with van der Waals surface area (Å²) in [7, 11) is 0. The Labute approximate surface area is 134 Å². The number of hydrogen-bond donors (Lipinski definition) is 0. The topological polar surface area (TPSA) is 64.4 Å². The molecule has 23 heavy (non-hydrogen) atoms. The minimum Gasteiger partial charge on any atom is -0.311 e. The van der Waals surface area contributed by atoms with Crippen LogP contribution >= 0.6 is 0 Å². The highest BCUT2D eigenvalue weighted by Crippen LogP contribution is 2.19. The maximum Gasteiger partial charge on any atom is 0.327 e. The maximum atomic E-state index is 12.5. The van der Waals surface area contributed by atoms with E-state index in [0.717, 1.165) is 5.56 Å². The van der Waals surface area contributed by atoms with E-state index in [1.54, 1.807) is 24.3 Å². The fourth-order valence-electron chi connectivity index (χ4n) is 2.61. The highest BCUT2D eigenvalue weighted by Gasteiger charge is 2.36. The number of imide groups is 1. The first-order valence-electron chi connectivity index (χ1n) is 7.30. The van der Waals surface area contributed by atoms with Gasteiger partial charge in [-0.25, -0.2) is 4.79 Å². The van der Waals surface area contributed by atoms with Gasteiger partial charge in [-0.1, -0.05) is 48.5 Å². The summed E-state index contributed by atoms with van der Waals surface area (Å²) in [6.07, 6.45) is 0. The Balaban J connectivity index is 1.75. The molecule has 0 saturated carbocycles. The summed E-state index contributed by atoms with van der Waals surface area (Å²) in [5, 5.41) is 9.12. The van der Waals surface area contributed by atoms with E-state index in [1.165, 1.54) is 9.80 Å². The number of carbonyl (C=O) groups excluding carboxylic acids is 2. The van der Waals surface area contributed by atoms with E-state index in [-0.39, 0.29) is 25.0 Å². The van der Waals surface area contributed by atoms with Crippen LogP contribution in [0.1, 0.15) is 16.7 Å². The molecule has 1 fully saturated rings. The molecule has 5 nitrogen and oxygen atoms in total. The quantitative estimate of drug-likeness (QED) is 0.815. The van der Waals surface area contributed by atoms with Crippen molar-refractivity contribution in [1.82, 2.24) is 9.80 Å². The molecule has 0 N–H and O–H groups in total. The molecule has 1 heterocycles. The van der Waals surface area contributed by atoms with Gasteiger partial charge in [0.15, 0.2) is 0 Å². The molecule has 1 aliphatic rings. The minimum atomic E-state index is -0.313. The molecule has 0 atom stereocenters. The van der Waals surface area contributed by atoms with Crippen LogP contribution < -0.4 is 0 Å². The van der Waals surface area contributed by atoms with Gasteiger partial charge in [0.25, 0.3) is 5.91 Å². The van der Waals surface area contributed by atoms with Crippen molar-refractivity contribution >= 4 is 11.9 Å². The zero-order valence-corrected chi connectivity index (χ0v) is 12.5. The molecule has 5 heteroatoms. The van der Waals surface area contributed by atoms with Crippen LogP contribution in [-0.4, -0.2) is 28.3 Å². The average molecular weight is 305 g/mol. The first kappa shape index (κ1) is 14.8. The fraction of sp³-hybridized carbons (Fsp3) is 0.167. The minimum absolute atomic E-state index is 0.0719. The maximum absolute atomic E-state index is 12.5. The number of rotatable bonds is 4. The van der Waals surface area contributed by atoms with Crippen LogP contribution in [0.15, 0.2) is 54.6 Å². The van der Waals surface area contributed by atoms with Crippen LogP contribution in [0, 0.1) is 11.3 Å². The van der Waals surface area contributed by atoms with Crippen molar-refractivity contribution in [3.8, 4) is 6.07 Å². The van der Waals surface area contributed by atoms with Crippen LogP contribution in [0.3, 0.4) is 0 Å². The summed E-state index contributed by atoms with van der Waals surface area (Å²) in [4.78, 5) is 27.4. The first-order valence-corrected chi connectivity index (χ1v) is 7.30. The molecule has 2 aromatic carbocycles. The Hall–Kier alpha value is -3.13. The third-order valence-electron chi connectivity index (χ3n) is 3.81. The summed E-state index contributed by atoms with van der Waals surface area (Å²) in [6, 6.07) is 18.3. The molecule has 0 spiro atoms. The molecule has 0 unspecified atom stereocenters. The summed E-state index contributed by atoms with van der Waals surface area (Å²) in [6.45, 7) is 0.608. The molecule has 2 aromatic rings. The lowest BCUT2D eigenvalue weighted by atomic mass is 10.1. The normalized spacial score (nSPS) is 14.2. The zero-order valence-electron chi connectivity index (χ0n) is 12.5. The smallest absolute Gasteiger partial charge is 0.311 e. The van der Waals surface area contributed by atoms with Crippen LogP contribution in [0.5, 0.6) is 0 Å². The monoisotopic (exact) mass is 305 g/mol. The number of benzene rings is 2. The van der Waals surface area contributed by atoms with Crippen LogP contribution in [0.25, 0.3) is 0 Å². The van der Waals surface area contributed by atoms with E-state index in [4.69, 9.17) is 5.26 Å². The molecular weight excluding hydrogens is 290 g/mol. The number of amides is 3. The van der Waals surface area contributed by atoms with E-state index in [0.29, 0.717) is 17.7 Å². The van der Waals surface area contributed by atoms with E-state index in [2.05, 4.69) is 6.07 Å². The van der Waals surface area contributed by atoms with Crippen molar-refractivity contribution in [2.45, 2.75) is 13.1 Å². The summed E-state index contributed by atoms with van der Waals surface area (Å²) in [5.41, 5.74) is 2.14. The molecule has 0 bridgehead atoms. The lowest BCUT2D eigenvalue weighted by Crippen LogP contribution is -2.32. The highest BCUT2D eigenvalue weighted by molar-refractivity contribution is 6.01. The Bertz CT molecular complexity index is 780. The lowest BCUT2D eigenvalue weighted by molar-refractivity contribution is -0.125. The van der Waals surface area contributed by atoms with E-state index >= 15 is 0 Å². The van der Waals surface area contributed by atoms with Gasteiger partial charge in [-0.2, -0.15) is 5.26 Å². The number of hydrogen-bond acceptors (Lipinski definition) is 3. The van der Waals surface area contributed by atoms with Crippen molar-refractivity contribution in [2.75, 3.05) is 6.54 Å². The number of nitrogens with zero attached hydrogens (tertiary/aromatic N) is 3. The van der Waals surface area contributed by atoms with Gasteiger partial charge >= 0.3 is 6.03 Å². The second kappa shape index (κ2) is 6.32. The molecule has 3 amide bonds. The summed E-state index contributed by atoms with van der Waals surface area (Å²) in [5.74, 6) is -0.237. The van der Waals surface area contributed by atoms with Crippen molar-refractivity contribution in [3.05, 3.63) is 71.3 Å². The van der Waals surface area contributed by atoms with Crippen molar-refractivity contribution in [2.24, 2.45) is 0 Å². The van der Waals surface area contributed by atoms with Gasteiger partial charge in [-0.15, -0.1) is 0 Å². The summed E-state index contributed by atoms with van der Waals surface area (Å²) >= 11 is 0. The number of nitriles is 1. The van der Waals surface area contributed by atoms with E-state index in [1.807, 2.05) is 30.3 Å². The van der Waals surface area contributed by atoms with E-state index < -0.39 is 0 Å². The molecule has 1 aliphatic heterocycles. The van der Waals surface area contributed by atoms with Crippen molar-refractivity contribution in [3.63, 3.8) is 0 Å². The predicted octanol–water partition coefficient (Wildman–Crippen LogP) is 2.52. The molecule has 1 saturated heterocycles. The average Bonchev–Trinajstić information content (AvgIpc) is 2.84. The van der Waals surface area contributed by atoms with Crippen LogP contribution in [0.4, 0.5) is 4.79 Å². The van der Waals surface area contributed by atoms with Crippen LogP contribution in [-0.2, 0) is 17.9 Å². The Kier molecular flexibility index (Phi) is 4.07. The van der Waals surface area contributed by atoms with Gasteiger partial charge in [-0.05, 0) is 17.2 Å². The third kappa shape index (κ3) is 3.06. The van der Waals surface area contributed by atoms with Gasteiger partial charge in [0.05, 0.1) is 18.2 Å². The van der Waals surface area contributed by atoms with Gasteiger partial charge in [-0.3, -0.25) is 9.69 Å². The first-order chi connectivity index (χ1) is 11.2. The number of urea groups is 1. The second-order valence-electron chi connectivity index (χ2n) is 5.37. The molecule has 0 aromatic heterocycles. The Morgan fingerprint density at radius 2 is 1.65 bits per heavy atom. The lowest BCUT2D eigenvalue weighted by Gasteiger charge is -2.17. The SMILES string of the molecule is N#Cc1ccccc1CN1C(=O)CN(Cc2ccccc2)C1=O. The zero-order chi connectivity index (χ0) is 16.2. The standard InChI is InChI=1S/C18H15N3O2/c19-10-15-8-4-5-9-16(15)12-21-17(22)13-20(18(21)23)11-14-6-2-1-3-7-14/h1-9H,11-13H2. The predicted molar refractivity (Wildman–Crippen MR) is 84.0 cm³/mol. The van der Waals surface area contributed by atoms with Gasteiger partial charge in [0.1, 0.15) is 6.54 Å². The Morgan fingerprint density at radius 3 is 2.39 bits per heavy atom. The molecule has 114 valence electrons. The van der Waals surface area contributed by atoms with Crippen molar-refractivity contribution < 1.29 is 9.59 Å². The van der Waals surface area contributed by atoms with E-state index in [9.17, 15) is 9.59 Å². The van der Waals surface area contributed by atoms with Gasteiger partial charge in [0, 0.05) is 6.54 Å². The molecule has 0 radical (unpaired) electrons. The Morgan fingerprint density at radius 1 is 0.957 bits per heavy atom. The number of carbonyl (C=O) groups is 2. The molecule has 0 aliphatic carbocycles. The third-order valence-corrected chi connectivity index (χ3v) is 3.81. The largest absolute Gasteiger partial charge is 0.327 e. The summed E-state index contributed by atoms with van der Waals surface area (Å²) < 4.78 is 0. The van der Waals surface area contributed by atoms with Crippen molar-refractivity contribution in [1.29, 1.82) is 5.26 Å².